The zero-order valence-electron chi connectivity index (χ0n) is 24.9. The third-order valence-corrected chi connectivity index (χ3v) is 7.41. The minimum Gasteiger partial charge on any atom is -0.339 e. The van der Waals surface area contributed by atoms with Gasteiger partial charge in [0.05, 0.1) is 11.4 Å². The third-order valence-electron chi connectivity index (χ3n) is 6.53. The fraction of sp³-hybridized carbons (Fsp3) is 0.188. The predicted molar refractivity (Wildman–Crippen MR) is 172 cm³/mol. The molecular formula is C32H30N10O2S. The normalized spacial score (nSPS) is 10.7. The molecule has 12 nitrogen and oxygen atoms in total. The third kappa shape index (κ3) is 8.27. The molecule has 5 aromatic rings. The second-order valence-electron chi connectivity index (χ2n) is 10.4. The minimum absolute atomic E-state index is 0.207. The van der Waals surface area contributed by atoms with Crippen molar-refractivity contribution in [3.8, 4) is 17.3 Å². The van der Waals surface area contributed by atoms with Crippen LogP contribution in [0.15, 0.2) is 84.3 Å². The van der Waals surface area contributed by atoms with Gasteiger partial charge in [-0.1, -0.05) is 73.3 Å². The first-order valence-corrected chi connectivity index (χ1v) is 15.1. The molecule has 45 heavy (non-hydrogen) atoms. The second kappa shape index (κ2) is 14.2. The fourth-order valence-corrected chi connectivity index (χ4v) is 5.03. The number of urea groups is 1. The van der Waals surface area contributed by atoms with Crippen LogP contribution in [-0.2, 0) is 17.1 Å². The number of carbonyl (C=O) groups is 2. The van der Waals surface area contributed by atoms with Gasteiger partial charge in [0.25, 0.3) is 0 Å². The van der Waals surface area contributed by atoms with Crippen LogP contribution >= 0.6 is 11.8 Å². The Balaban J connectivity index is 1.32. The van der Waals surface area contributed by atoms with Crippen molar-refractivity contribution in [2.24, 2.45) is 0 Å². The van der Waals surface area contributed by atoms with E-state index < -0.39 is 11.9 Å². The average molecular weight is 619 g/mol. The van der Waals surface area contributed by atoms with E-state index in [2.05, 4.69) is 56.1 Å². The molecule has 0 radical (unpaired) electrons. The number of imide groups is 1. The van der Waals surface area contributed by atoms with E-state index in [0.717, 1.165) is 16.8 Å². The molecular weight excluding hydrogens is 588 g/mol. The van der Waals surface area contributed by atoms with Crippen molar-refractivity contribution in [3.05, 3.63) is 102 Å². The number of carbonyl (C=O) groups excluding carboxylic acids is 2. The number of hydrogen-bond acceptors (Lipinski definition) is 10. The molecule has 0 spiro atoms. The summed E-state index contributed by atoms with van der Waals surface area (Å²) in [6.07, 6.45) is 3.14. The summed E-state index contributed by atoms with van der Waals surface area (Å²) in [6.45, 7) is 6.04. The van der Waals surface area contributed by atoms with Crippen LogP contribution < -0.4 is 16.0 Å². The number of nitriles is 1. The molecule has 0 aliphatic carbocycles. The smallest absolute Gasteiger partial charge is 0.327 e. The van der Waals surface area contributed by atoms with Crippen molar-refractivity contribution < 1.29 is 9.59 Å². The molecule has 5 rings (SSSR count). The highest BCUT2D eigenvalue weighted by Gasteiger charge is 2.18. The van der Waals surface area contributed by atoms with Crippen LogP contribution in [0.2, 0.25) is 0 Å². The quantitative estimate of drug-likeness (QED) is 0.128. The number of pyridine rings is 1. The lowest BCUT2D eigenvalue weighted by Crippen LogP contribution is -2.36. The van der Waals surface area contributed by atoms with E-state index in [1.807, 2.05) is 55.5 Å². The van der Waals surface area contributed by atoms with E-state index >= 15 is 0 Å². The molecule has 0 atom stereocenters. The molecule has 0 saturated heterocycles. The first-order valence-electron chi connectivity index (χ1n) is 14.1. The summed E-state index contributed by atoms with van der Waals surface area (Å²) in [5.41, 5.74) is 5.29. The van der Waals surface area contributed by atoms with E-state index in [1.165, 1.54) is 28.2 Å². The van der Waals surface area contributed by atoms with E-state index in [4.69, 9.17) is 4.98 Å². The lowest BCUT2D eigenvalue weighted by molar-refractivity contribution is -0.120. The van der Waals surface area contributed by atoms with Gasteiger partial charge in [-0.3, -0.25) is 15.4 Å². The van der Waals surface area contributed by atoms with Crippen molar-refractivity contribution in [2.75, 3.05) is 10.6 Å². The molecule has 3 amide bonds. The summed E-state index contributed by atoms with van der Waals surface area (Å²) >= 11 is 1.32. The monoisotopic (exact) mass is 618 g/mol. The van der Waals surface area contributed by atoms with Gasteiger partial charge in [0.2, 0.25) is 5.91 Å². The van der Waals surface area contributed by atoms with Crippen LogP contribution in [0.3, 0.4) is 0 Å². The van der Waals surface area contributed by atoms with Crippen LogP contribution in [-0.4, -0.2) is 41.9 Å². The topological polar surface area (TPSA) is 163 Å². The largest absolute Gasteiger partial charge is 0.339 e. The molecule has 226 valence electrons. The summed E-state index contributed by atoms with van der Waals surface area (Å²) in [5.74, 6) is 0.868. The number of benzene rings is 2. The van der Waals surface area contributed by atoms with Crippen molar-refractivity contribution in [2.45, 2.75) is 44.1 Å². The van der Waals surface area contributed by atoms with Gasteiger partial charge >= 0.3 is 6.03 Å². The van der Waals surface area contributed by atoms with Crippen LogP contribution in [0, 0.1) is 18.3 Å². The van der Waals surface area contributed by atoms with Crippen molar-refractivity contribution in [1.82, 2.24) is 35.3 Å². The molecule has 0 saturated carbocycles. The molecule has 3 heterocycles. The highest BCUT2D eigenvalue weighted by molar-refractivity contribution is 7.98. The van der Waals surface area contributed by atoms with Gasteiger partial charge in [-0.25, -0.2) is 24.4 Å². The van der Waals surface area contributed by atoms with E-state index in [-0.39, 0.29) is 6.54 Å². The first kappa shape index (κ1) is 30.8. The average Bonchev–Trinajstić information content (AvgIpc) is 3.47. The summed E-state index contributed by atoms with van der Waals surface area (Å²) in [6, 6.07) is 22.5. The van der Waals surface area contributed by atoms with Gasteiger partial charge < -0.3 is 5.32 Å². The highest BCUT2D eigenvalue weighted by Crippen LogP contribution is 2.32. The summed E-state index contributed by atoms with van der Waals surface area (Å²) in [4.78, 5) is 37.9. The number of nitrogens with zero attached hydrogens (tertiary/aromatic N) is 7. The summed E-state index contributed by atoms with van der Waals surface area (Å²) in [5, 5.41) is 26.8. The van der Waals surface area contributed by atoms with E-state index in [9.17, 15) is 14.9 Å². The molecule has 0 unspecified atom stereocenters. The van der Waals surface area contributed by atoms with Crippen molar-refractivity contribution in [3.63, 3.8) is 0 Å². The van der Waals surface area contributed by atoms with Gasteiger partial charge in [0.1, 0.15) is 24.0 Å². The molecule has 0 aliphatic heterocycles. The number of hydrogen-bond donors (Lipinski definition) is 3. The fourth-order valence-electron chi connectivity index (χ4n) is 4.31. The zero-order valence-corrected chi connectivity index (χ0v) is 25.7. The number of aryl methyl sites for hydroxylation is 1. The van der Waals surface area contributed by atoms with Crippen molar-refractivity contribution in [1.29, 1.82) is 5.26 Å². The SMILES string of the molecule is Cc1cccc(Nc2nc(SCc3cn(CC(=O)NC(=O)Nc4ccccn4)nn3)nc(-c3ccc(C(C)C)cc3)c2C#N)c1. The Labute approximate surface area is 264 Å². The van der Waals surface area contributed by atoms with Crippen LogP contribution in [0.4, 0.5) is 22.1 Å². The Morgan fingerprint density at radius 3 is 2.58 bits per heavy atom. The maximum absolute atomic E-state index is 12.4. The molecule has 0 aliphatic rings. The van der Waals surface area contributed by atoms with Crippen molar-refractivity contribution >= 4 is 41.0 Å². The standard InChI is InChI=1S/C32H30N10O2S/c1-20(2)22-10-12-23(13-11-22)29-26(16-33)30(35-24-8-6-7-21(3)15-24)39-32(38-29)45-19-25-17-42(41-40-25)18-28(43)37-31(44)36-27-9-4-5-14-34-27/h4-15,17,20H,18-19H2,1-3H3,(H,35,38,39)(H2,34,36,37,43,44). The van der Waals surface area contributed by atoms with Crippen LogP contribution in [0.5, 0.6) is 0 Å². The maximum atomic E-state index is 12.4. The van der Waals surface area contributed by atoms with Gasteiger partial charge in [-0.15, -0.1) is 5.10 Å². The first-order chi connectivity index (χ1) is 21.8. The Morgan fingerprint density at radius 2 is 1.87 bits per heavy atom. The van der Waals surface area contributed by atoms with Gasteiger partial charge in [0.15, 0.2) is 11.0 Å². The molecule has 13 heteroatoms. The number of anilines is 3. The van der Waals surface area contributed by atoms with Gasteiger partial charge in [0, 0.05) is 29.4 Å². The Bertz CT molecular complexity index is 1850. The number of nitrogens with one attached hydrogen (secondary N) is 3. The van der Waals surface area contributed by atoms with Crippen LogP contribution in [0.25, 0.3) is 11.3 Å². The Hall–Kier alpha value is -5.61. The highest BCUT2D eigenvalue weighted by atomic mass is 32.2. The Kier molecular flexibility index (Phi) is 9.76. The van der Waals surface area contributed by atoms with E-state index in [1.54, 1.807) is 24.4 Å². The minimum atomic E-state index is -0.697. The van der Waals surface area contributed by atoms with Crippen LogP contribution in [0.1, 0.15) is 42.1 Å². The molecule has 0 fully saturated rings. The zero-order chi connectivity index (χ0) is 31.8. The van der Waals surface area contributed by atoms with Gasteiger partial charge in [-0.05, 0) is 48.2 Å². The van der Waals surface area contributed by atoms with Gasteiger partial charge in [-0.2, -0.15) is 5.26 Å². The molecule has 3 N–H and O–H groups in total. The van der Waals surface area contributed by atoms with E-state index in [0.29, 0.717) is 45.4 Å². The summed E-state index contributed by atoms with van der Waals surface area (Å²) < 4.78 is 1.34. The summed E-state index contributed by atoms with van der Waals surface area (Å²) in [7, 11) is 0. The molecule has 2 aromatic carbocycles. The molecule has 3 aromatic heterocycles. The maximum Gasteiger partial charge on any atom is 0.327 e. The number of aromatic nitrogens is 6. The number of rotatable bonds is 10. The number of thioether (sulfide) groups is 1. The Morgan fingerprint density at radius 1 is 1.04 bits per heavy atom. The lowest BCUT2D eigenvalue weighted by atomic mass is 9.99. The second-order valence-corrected chi connectivity index (χ2v) is 11.3. The predicted octanol–water partition coefficient (Wildman–Crippen LogP) is 5.82. The lowest BCUT2D eigenvalue weighted by Gasteiger charge is -2.14. The number of amides is 3. The molecule has 0 bridgehead atoms.